The van der Waals surface area contributed by atoms with Gasteiger partial charge < -0.3 is 20.1 Å². The Morgan fingerprint density at radius 3 is 2.48 bits per heavy atom. The fourth-order valence-electron chi connectivity index (χ4n) is 2.85. The Labute approximate surface area is 158 Å². The van der Waals surface area contributed by atoms with Crippen LogP contribution in [0.5, 0.6) is 11.5 Å². The smallest absolute Gasteiger partial charge is 0.251 e. The lowest BCUT2D eigenvalue weighted by Crippen LogP contribution is -2.38. The van der Waals surface area contributed by atoms with E-state index in [4.69, 9.17) is 9.47 Å². The zero-order valence-electron chi connectivity index (χ0n) is 15.8. The van der Waals surface area contributed by atoms with Gasteiger partial charge in [0, 0.05) is 5.56 Å². The third kappa shape index (κ3) is 4.58. The first-order valence-electron chi connectivity index (χ1n) is 8.98. The second-order valence-corrected chi connectivity index (χ2v) is 6.67. The first-order valence-corrected chi connectivity index (χ1v) is 8.98. The van der Waals surface area contributed by atoms with Gasteiger partial charge in [0.2, 0.25) is 5.91 Å². The van der Waals surface area contributed by atoms with Crippen molar-refractivity contribution in [1.29, 1.82) is 0 Å². The molecule has 1 heterocycles. The van der Waals surface area contributed by atoms with Gasteiger partial charge in [0.05, 0.1) is 12.6 Å². The molecular weight excluding hydrogens is 344 g/mol. The summed E-state index contributed by atoms with van der Waals surface area (Å²) in [7, 11) is 0. The Hall–Kier alpha value is -3.02. The molecule has 142 valence electrons. The minimum Gasteiger partial charge on any atom is -0.486 e. The summed E-state index contributed by atoms with van der Waals surface area (Å²) in [5.41, 5.74) is 3.62. The van der Waals surface area contributed by atoms with E-state index in [0.29, 0.717) is 30.3 Å². The molecule has 2 amide bonds. The van der Waals surface area contributed by atoms with Crippen LogP contribution in [0.25, 0.3) is 0 Å². The van der Waals surface area contributed by atoms with Crippen LogP contribution in [0.2, 0.25) is 0 Å². The molecule has 1 aliphatic rings. The van der Waals surface area contributed by atoms with Gasteiger partial charge in [0.15, 0.2) is 11.5 Å². The van der Waals surface area contributed by atoms with Crippen LogP contribution in [0.3, 0.4) is 0 Å². The molecule has 0 aliphatic carbocycles. The van der Waals surface area contributed by atoms with Crippen molar-refractivity contribution in [2.75, 3.05) is 19.8 Å². The van der Waals surface area contributed by atoms with Crippen molar-refractivity contribution in [1.82, 2.24) is 10.6 Å². The molecule has 0 saturated heterocycles. The van der Waals surface area contributed by atoms with Crippen molar-refractivity contribution in [2.45, 2.75) is 26.8 Å². The highest BCUT2D eigenvalue weighted by Crippen LogP contribution is 2.32. The lowest BCUT2D eigenvalue weighted by Gasteiger charge is -2.21. The summed E-state index contributed by atoms with van der Waals surface area (Å²) in [5, 5.41) is 5.54. The Kier molecular flexibility index (Phi) is 5.64. The lowest BCUT2D eigenvalue weighted by atomic mass is 10.1. The summed E-state index contributed by atoms with van der Waals surface area (Å²) >= 11 is 0. The van der Waals surface area contributed by atoms with E-state index in [1.165, 1.54) is 0 Å². The highest BCUT2D eigenvalue weighted by atomic mass is 16.6. The molecule has 2 aromatic carbocycles. The van der Waals surface area contributed by atoms with E-state index in [2.05, 4.69) is 10.6 Å². The second-order valence-electron chi connectivity index (χ2n) is 6.67. The molecule has 2 aromatic rings. The van der Waals surface area contributed by atoms with Gasteiger partial charge in [0.25, 0.3) is 5.91 Å². The van der Waals surface area contributed by atoms with Crippen molar-refractivity contribution in [3.05, 3.63) is 58.7 Å². The van der Waals surface area contributed by atoms with E-state index in [1.807, 2.05) is 51.1 Å². The number of hydrogen-bond acceptors (Lipinski definition) is 4. The third-order valence-corrected chi connectivity index (χ3v) is 4.62. The minimum absolute atomic E-state index is 0.0827. The van der Waals surface area contributed by atoms with Crippen molar-refractivity contribution >= 4 is 11.8 Å². The van der Waals surface area contributed by atoms with Gasteiger partial charge in [-0.15, -0.1) is 0 Å². The number of aryl methyl sites for hydroxylation is 2. The highest BCUT2D eigenvalue weighted by Gasteiger charge is 2.16. The Bertz CT molecular complexity index is 863. The van der Waals surface area contributed by atoms with Crippen LogP contribution in [0.1, 0.15) is 40.0 Å². The maximum atomic E-state index is 12.2. The topological polar surface area (TPSA) is 76.7 Å². The van der Waals surface area contributed by atoms with E-state index in [9.17, 15) is 9.59 Å². The van der Waals surface area contributed by atoms with Crippen LogP contribution >= 0.6 is 0 Å². The Morgan fingerprint density at radius 1 is 1.00 bits per heavy atom. The van der Waals surface area contributed by atoms with Crippen LogP contribution < -0.4 is 20.1 Å². The number of amides is 2. The summed E-state index contributed by atoms with van der Waals surface area (Å²) in [6.07, 6.45) is 0. The van der Waals surface area contributed by atoms with Crippen molar-refractivity contribution in [3.63, 3.8) is 0 Å². The molecular formula is C21H24N2O4. The largest absolute Gasteiger partial charge is 0.486 e. The first kappa shape index (κ1) is 18.8. The first-order chi connectivity index (χ1) is 12.9. The van der Waals surface area contributed by atoms with Crippen LogP contribution in [0, 0.1) is 13.8 Å². The summed E-state index contributed by atoms with van der Waals surface area (Å²) in [6, 6.07) is 10.9. The third-order valence-electron chi connectivity index (χ3n) is 4.62. The number of fused-ring (bicyclic) bond motifs is 1. The van der Waals surface area contributed by atoms with Crippen LogP contribution in [-0.4, -0.2) is 31.6 Å². The zero-order valence-corrected chi connectivity index (χ0v) is 15.8. The fourth-order valence-corrected chi connectivity index (χ4v) is 2.85. The maximum absolute atomic E-state index is 12.2. The normalized spacial score (nSPS) is 13.6. The Morgan fingerprint density at radius 2 is 1.74 bits per heavy atom. The molecule has 0 aromatic heterocycles. The number of nitrogens with one attached hydrogen (secondary N) is 2. The molecule has 0 unspecified atom stereocenters. The molecule has 6 heteroatoms. The molecule has 3 rings (SSSR count). The fraction of sp³-hybridized carbons (Fsp3) is 0.333. The van der Waals surface area contributed by atoms with Gasteiger partial charge in [-0.3, -0.25) is 9.59 Å². The van der Waals surface area contributed by atoms with Gasteiger partial charge >= 0.3 is 0 Å². The molecule has 0 fully saturated rings. The van der Waals surface area contributed by atoms with Gasteiger partial charge in [-0.2, -0.15) is 0 Å². The minimum atomic E-state index is -0.264. The molecule has 0 saturated carbocycles. The van der Waals surface area contributed by atoms with Crippen LogP contribution in [0.4, 0.5) is 0 Å². The van der Waals surface area contributed by atoms with Gasteiger partial charge in [-0.25, -0.2) is 0 Å². The molecule has 6 nitrogen and oxygen atoms in total. The lowest BCUT2D eigenvalue weighted by molar-refractivity contribution is -0.120. The number of carbonyl (C=O) groups excluding carboxylic acids is 2. The molecule has 1 atom stereocenters. The molecule has 2 N–H and O–H groups in total. The monoisotopic (exact) mass is 368 g/mol. The number of hydrogen-bond donors (Lipinski definition) is 2. The average molecular weight is 368 g/mol. The standard InChI is InChI=1S/C21H24N2O4/c1-13-4-5-17(10-14(13)2)21(25)22-12-20(24)23-15(3)16-6-7-18-19(11-16)27-9-8-26-18/h4-7,10-11,15H,8-9,12H2,1-3H3,(H,22,25)(H,23,24)/t15-/m0/s1. The molecule has 0 bridgehead atoms. The zero-order chi connectivity index (χ0) is 19.4. The molecule has 27 heavy (non-hydrogen) atoms. The number of carbonyl (C=O) groups is 2. The Balaban J connectivity index is 1.54. The van der Waals surface area contributed by atoms with Crippen LogP contribution in [-0.2, 0) is 4.79 Å². The summed E-state index contributed by atoms with van der Waals surface area (Å²) in [6.45, 7) is 6.80. The van der Waals surface area contributed by atoms with Crippen molar-refractivity contribution < 1.29 is 19.1 Å². The summed E-state index contributed by atoms with van der Waals surface area (Å²) < 4.78 is 11.1. The SMILES string of the molecule is Cc1ccc(C(=O)NCC(=O)N[C@@H](C)c2ccc3c(c2)OCCO3)cc1C. The summed E-state index contributed by atoms with van der Waals surface area (Å²) in [4.78, 5) is 24.4. The van der Waals surface area contributed by atoms with Crippen LogP contribution in [0.15, 0.2) is 36.4 Å². The van der Waals surface area contributed by atoms with Gasteiger partial charge in [-0.05, 0) is 61.7 Å². The molecule has 0 spiro atoms. The second kappa shape index (κ2) is 8.12. The highest BCUT2D eigenvalue weighted by molar-refractivity contribution is 5.96. The predicted molar refractivity (Wildman–Crippen MR) is 102 cm³/mol. The van der Waals surface area contributed by atoms with Gasteiger partial charge in [0.1, 0.15) is 13.2 Å². The van der Waals surface area contributed by atoms with E-state index < -0.39 is 0 Å². The summed E-state index contributed by atoms with van der Waals surface area (Å²) in [5.74, 6) is 0.877. The number of rotatable bonds is 5. The predicted octanol–water partition coefficient (Wildman–Crippen LogP) is 2.68. The average Bonchev–Trinajstić information content (AvgIpc) is 2.67. The molecule has 1 aliphatic heterocycles. The maximum Gasteiger partial charge on any atom is 0.251 e. The van der Waals surface area contributed by atoms with E-state index >= 15 is 0 Å². The quantitative estimate of drug-likeness (QED) is 0.851. The van der Waals surface area contributed by atoms with Crippen molar-refractivity contribution in [3.8, 4) is 11.5 Å². The van der Waals surface area contributed by atoms with E-state index in [0.717, 1.165) is 16.7 Å². The van der Waals surface area contributed by atoms with Gasteiger partial charge in [-0.1, -0.05) is 12.1 Å². The van der Waals surface area contributed by atoms with Crippen molar-refractivity contribution in [2.24, 2.45) is 0 Å². The number of benzene rings is 2. The number of ether oxygens (including phenoxy) is 2. The van der Waals surface area contributed by atoms with E-state index in [1.54, 1.807) is 6.07 Å². The van der Waals surface area contributed by atoms with E-state index in [-0.39, 0.29) is 24.4 Å². The molecule has 0 radical (unpaired) electrons.